The van der Waals surface area contributed by atoms with Gasteiger partial charge in [0.1, 0.15) is 6.04 Å². The average Bonchev–Trinajstić information content (AvgIpc) is 3.68. The number of hydrogen-bond acceptors (Lipinski definition) is 9. The lowest BCUT2D eigenvalue weighted by Gasteiger charge is -2.41. The van der Waals surface area contributed by atoms with Crippen LogP contribution >= 0.6 is 0 Å². The smallest absolute Gasteiger partial charge is 0.303 e. The third kappa shape index (κ3) is 15.2. The molecule has 14 heteroatoms. The summed E-state index contributed by atoms with van der Waals surface area (Å²) < 4.78 is 12.0. The molecule has 0 aliphatic carbocycles. The zero-order valence-electron chi connectivity index (χ0n) is 38.6. The Morgan fingerprint density at radius 3 is 2.07 bits per heavy atom. The summed E-state index contributed by atoms with van der Waals surface area (Å²) in [6.07, 6.45) is 2.04. The minimum atomic E-state index is -0.894. The van der Waals surface area contributed by atoms with Crippen LogP contribution in [0.1, 0.15) is 105 Å². The highest BCUT2D eigenvalue weighted by molar-refractivity contribution is 5.90. The molecule has 1 aliphatic heterocycles. The molecule has 1 saturated heterocycles. The second kappa shape index (κ2) is 25.8. The first-order chi connectivity index (χ1) is 28.3. The zero-order chi connectivity index (χ0) is 45.3. The first kappa shape index (κ1) is 52.3. The van der Waals surface area contributed by atoms with Crippen molar-refractivity contribution in [1.82, 2.24) is 25.3 Å². The zero-order valence-corrected chi connectivity index (χ0v) is 38.6. The second-order valence-corrected chi connectivity index (χ2v) is 17.7. The summed E-state index contributed by atoms with van der Waals surface area (Å²) in [5, 5.41) is 14.7. The lowest BCUT2D eigenvalue weighted by atomic mass is 9.83. The molecule has 1 aliphatic rings. The molecule has 340 valence electrons. The summed E-state index contributed by atoms with van der Waals surface area (Å²) in [7, 11) is 8.61. The van der Waals surface area contributed by atoms with Crippen molar-refractivity contribution in [3.8, 4) is 0 Å². The maximum Gasteiger partial charge on any atom is 0.303 e. The number of carboxylic acids is 1. The highest BCUT2D eigenvalue weighted by Gasteiger charge is 2.43. The quantitative estimate of drug-likeness (QED) is 0.104. The van der Waals surface area contributed by atoms with Crippen LogP contribution in [0.5, 0.6) is 0 Å². The molecule has 14 nitrogen and oxygen atoms in total. The maximum atomic E-state index is 14.4. The van der Waals surface area contributed by atoms with Gasteiger partial charge in [0.25, 0.3) is 0 Å². The van der Waals surface area contributed by atoms with Crippen molar-refractivity contribution < 1.29 is 43.3 Å². The van der Waals surface area contributed by atoms with Gasteiger partial charge in [0.2, 0.25) is 23.6 Å². The number of benzene rings is 1. The fraction of sp³-hybridized carbons (Fsp3) is 0.739. The SMILES string of the molecule is CC[C@H](C)[C@@H]([C@@H](CC(=O)N1CCC[C@H]1[C@H](OC)[C@@H](C)C(=O)N[C@@H](Cc1ccccc1)C(=O)NCCCCC(=O)O)OC)N(C)C(=O)[C@@H](CC(=O)[C@H](C(C)C)N(C)C)C(C)C. The predicted molar refractivity (Wildman–Crippen MR) is 233 cm³/mol. The van der Waals surface area contributed by atoms with Crippen LogP contribution in [-0.4, -0.2) is 140 Å². The number of nitrogens with one attached hydrogen (secondary N) is 2. The van der Waals surface area contributed by atoms with E-state index in [4.69, 9.17) is 14.6 Å². The number of unbranched alkanes of at least 4 members (excludes halogenated alkanes) is 1. The number of methoxy groups -OCH3 is 2. The fourth-order valence-electron chi connectivity index (χ4n) is 8.87. The van der Waals surface area contributed by atoms with E-state index in [0.29, 0.717) is 32.2 Å². The van der Waals surface area contributed by atoms with Gasteiger partial charge in [-0.3, -0.25) is 33.7 Å². The van der Waals surface area contributed by atoms with Gasteiger partial charge in [-0.2, -0.15) is 0 Å². The van der Waals surface area contributed by atoms with E-state index in [0.717, 1.165) is 12.0 Å². The lowest BCUT2D eigenvalue weighted by molar-refractivity contribution is -0.149. The van der Waals surface area contributed by atoms with Gasteiger partial charge in [-0.15, -0.1) is 0 Å². The number of likely N-dealkylation sites (tertiary alicyclic amines) is 1. The summed E-state index contributed by atoms with van der Waals surface area (Å²) in [5.41, 5.74) is 0.861. The van der Waals surface area contributed by atoms with E-state index in [-0.39, 0.29) is 79.5 Å². The molecular formula is C46H77N5O9. The van der Waals surface area contributed by atoms with E-state index in [1.807, 2.05) is 90.9 Å². The van der Waals surface area contributed by atoms with Gasteiger partial charge in [-0.1, -0.05) is 85.2 Å². The molecule has 0 saturated carbocycles. The number of carboxylic acid groups (broad SMARTS) is 1. The van der Waals surface area contributed by atoms with E-state index in [9.17, 15) is 28.8 Å². The number of ketones is 1. The van der Waals surface area contributed by atoms with Crippen molar-refractivity contribution in [3.05, 3.63) is 35.9 Å². The molecule has 1 fully saturated rings. The van der Waals surface area contributed by atoms with E-state index in [1.54, 1.807) is 30.9 Å². The Morgan fingerprint density at radius 1 is 0.883 bits per heavy atom. The minimum Gasteiger partial charge on any atom is -0.481 e. The van der Waals surface area contributed by atoms with E-state index in [1.165, 1.54) is 7.11 Å². The number of carbonyl (C=O) groups excluding carboxylic acids is 5. The molecule has 1 aromatic rings. The Kier molecular flexibility index (Phi) is 22.5. The fourth-order valence-corrected chi connectivity index (χ4v) is 8.87. The molecule has 0 spiro atoms. The molecule has 0 unspecified atom stereocenters. The first-order valence-corrected chi connectivity index (χ1v) is 22.0. The molecule has 0 bridgehead atoms. The van der Waals surface area contributed by atoms with Gasteiger partial charge < -0.3 is 35.0 Å². The molecule has 1 aromatic carbocycles. The van der Waals surface area contributed by atoms with Crippen molar-refractivity contribution in [3.63, 3.8) is 0 Å². The summed E-state index contributed by atoms with van der Waals surface area (Å²) in [5.74, 6) is -3.23. The highest BCUT2D eigenvalue weighted by atomic mass is 16.5. The van der Waals surface area contributed by atoms with Crippen molar-refractivity contribution in [2.45, 2.75) is 143 Å². The molecule has 2 rings (SSSR count). The van der Waals surface area contributed by atoms with Gasteiger partial charge in [-0.05, 0) is 63.1 Å². The van der Waals surface area contributed by atoms with Crippen LogP contribution in [0.15, 0.2) is 30.3 Å². The number of carbonyl (C=O) groups is 6. The van der Waals surface area contributed by atoms with E-state index >= 15 is 0 Å². The maximum absolute atomic E-state index is 14.4. The highest BCUT2D eigenvalue weighted by Crippen LogP contribution is 2.31. The largest absolute Gasteiger partial charge is 0.481 e. The van der Waals surface area contributed by atoms with Crippen molar-refractivity contribution in [2.75, 3.05) is 48.5 Å². The first-order valence-electron chi connectivity index (χ1n) is 22.0. The second-order valence-electron chi connectivity index (χ2n) is 17.7. The Bertz CT molecular complexity index is 1510. The van der Waals surface area contributed by atoms with Gasteiger partial charge >= 0.3 is 5.97 Å². The molecule has 4 amide bonds. The normalized spacial score (nSPS) is 18.3. The molecule has 9 atom stereocenters. The Labute approximate surface area is 359 Å². The molecule has 1 heterocycles. The van der Waals surface area contributed by atoms with Gasteiger partial charge in [0.15, 0.2) is 5.78 Å². The van der Waals surface area contributed by atoms with Gasteiger partial charge in [0, 0.05) is 59.5 Å². The third-order valence-electron chi connectivity index (χ3n) is 12.4. The van der Waals surface area contributed by atoms with Crippen LogP contribution in [0.4, 0.5) is 0 Å². The number of hydrogen-bond donors (Lipinski definition) is 3. The lowest BCUT2D eigenvalue weighted by Crippen LogP contribution is -2.55. The predicted octanol–water partition coefficient (Wildman–Crippen LogP) is 4.82. The summed E-state index contributed by atoms with van der Waals surface area (Å²) >= 11 is 0. The molecule has 0 aromatic heterocycles. The number of likely N-dealkylation sites (N-methyl/N-ethyl adjacent to an activating group) is 2. The van der Waals surface area contributed by atoms with Crippen molar-refractivity contribution in [1.29, 1.82) is 0 Å². The molecular weight excluding hydrogens is 767 g/mol. The van der Waals surface area contributed by atoms with Gasteiger partial charge in [0.05, 0.1) is 42.7 Å². The molecule has 0 radical (unpaired) electrons. The number of amides is 4. The Balaban J connectivity index is 2.28. The van der Waals surface area contributed by atoms with Crippen LogP contribution in [-0.2, 0) is 44.7 Å². The van der Waals surface area contributed by atoms with Crippen molar-refractivity contribution >= 4 is 35.4 Å². The number of ether oxygens (including phenoxy) is 2. The molecule has 60 heavy (non-hydrogen) atoms. The van der Waals surface area contributed by atoms with E-state index in [2.05, 4.69) is 10.6 Å². The van der Waals surface area contributed by atoms with Crippen LogP contribution in [0, 0.1) is 29.6 Å². The summed E-state index contributed by atoms with van der Waals surface area (Å²) in [4.78, 5) is 85.9. The Morgan fingerprint density at radius 2 is 1.53 bits per heavy atom. The van der Waals surface area contributed by atoms with E-state index < -0.39 is 54.0 Å². The summed E-state index contributed by atoms with van der Waals surface area (Å²) in [6, 6.07) is 7.30. The van der Waals surface area contributed by atoms with Gasteiger partial charge in [-0.25, -0.2) is 0 Å². The van der Waals surface area contributed by atoms with Crippen LogP contribution in [0.3, 0.4) is 0 Å². The number of Topliss-reactive ketones (excluding diaryl/α,β-unsaturated/α-hetero) is 1. The standard InChI is InChI=1S/C46H77N5O9/c1-13-31(6)42(50(10)46(58)34(29(2)3)27-37(52)41(30(4)5)49(8)9)38(59-11)28-39(53)51-25-19-22-36(51)43(60-12)32(7)44(56)48-35(26-33-20-15-14-16-21-33)45(57)47-24-18-17-23-40(54)55/h14-16,20-21,29-32,34-36,38,41-43H,13,17-19,22-28H2,1-12H3,(H,47,57)(H,48,56)(H,54,55)/t31-,32+,34-,35-,36-,38+,41-,42-,43+/m0/s1. The third-order valence-corrected chi connectivity index (χ3v) is 12.4. The molecule has 3 N–H and O–H groups in total. The summed E-state index contributed by atoms with van der Waals surface area (Å²) in [6.45, 7) is 14.5. The minimum absolute atomic E-state index is 0.00372. The number of rotatable bonds is 27. The topological polar surface area (TPSA) is 175 Å². The Hall–Kier alpha value is -3.88. The monoisotopic (exact) mass is 844 g/mol. The van der Waals surface area contributed by atoms with Crippen LogP contribution in [0.2, 0.25) is 0 Å². The van der Waals surface area contributed by atoms with Crippen LogP contribution < -0.4 is 10.6 Å². The van der Waals surface area contributed by atoms with Crippen molar-refractivity contribution in [2.24, 2.45) is 29.6 Å². The number of aliphatic carboxylic acids is 1. The van der Waals surface area contributed by atoms with Crippen LogP contribution in [0.25, 0.3) is 0 Å². The average molecular weight is 844 g/mol. The number of nitrogens with zero attached hydrogens (tertiary/aromatic N) is 3.